The molecule has 0 unspecified atom stereocenters. The highest BCUT2D eigenvalue weighted by Gasteiger charge is 2.34. The molecule has 0 bridgehead atoms. The molecule has 1 saturated heterocycles. The molecule has 1 N–H and O–H groups in total. The van der Waals surface area contributed by atoms with Crippen LogP contribution in [0.3, 0.4) is 0 Å². The molecule has 1 fully saturated rings. The predicted molar refractivity (Wildman–Crippen MR) is 111 cm³/mol. The van der Waals surface area contributed by atoms with Gasteiger partial charge in [0.25, 0.3) is 5.91 Å². The van der Waals surface area contributed by atoms with Gasteiger partial charge in [0.2, 0.25) is 5.91 Å². The van der Waals surface area contributed by atoms with Gasteiger partial charge in [0.1, 0.15) is 12.3 Å². The van der Waals surface area contributed by atoms with Crippen LogP contribution in [0.5, 0.6) is 5.75 Å². The molecule has 2 atom stereocenters. The first-order valence-electron chi connectivity index (χ1n) is 10.6. The minimum atomic E-state index is -0.524. The molecule has 0 spiro atoms. The van der Waals surface area contributed by atoms with Crippen molar-refractivity contribution in [2.45, 2.75) is 65.0 Å². The van der Waals surface area contributed by atoms with E-state index in [9.17, 15) is 9.59 Å². The van der Waals surface area contributed by atoms with Gasteiger partial charge in [-0.05, 0) is 63.8 Å². The van der Waals surface area contributed by atoms with E-state index in [0.717, 1.165) is 25.1 Å². The summed E-state index contributed by atoms with van der Waals surface area (Å²) in [6.45, 7) is 9.01. The number of fused-ring (bicyclic) bond motifs is 1. The van der Waals surface area contributed by atoms with Crippen LogP contribution in [-0.4, -0.2) is 55.0 Å². The van der Waals surface area contributed by atoms with E-state index in [1.807, 2.05) is 32.0 Å². The Labute approximate surface area is 168 Å². The summed E-state index contributed by atoms with van der Waals surface area (Å²) < 4.78 is 5.81. The number of hydrogen-bond acceptors (Lipinski definition) is 4. The highest BCUT2D eigenvalue weighted by atomic mass is 16.5. The molecule has 6 nitrogen and oxygen atoms in total. The Morgan fingerprint density at radius 3 is 2.89 bits per heavy atom. The van der Waals surface area contributed by atoms with Crippen LogP contribution in [0, 0.1) is 6.92 Å². The number of ether oxygens (including phenoxy) is 1. The van der Waals surface area contributed by atoms with Crippen molar-refractivity contribution in [3.05, 3.63) is 23.8 Å². The topological polar surface area (TPSA) is 61.9 Å². The monoisotopic (exact) mass is 387 g/mol. The number of amides is 2. The molecule has 154 valence electrons. The van der Waals surface area contributed by atoms with E-state index in [2.05, 4.69) is 17.1 Å². The lowest BCUT2D eigenvalue weighted by molar-refractivity contribution is -0.129. The molecule has 2 aliphatic rings. The molecular weight excluding hydrogens is 354 g/mol. The van der Waals surface area contributed by atoms with Crippen molar-refractivity contribution in [3.63, 3.8) is 0 Å². The number of piperidine rings is 1. The van der Waals surface area contributed by atoms with Gasteiger partial charge in [-0.15, -0.1) is 0 Å². The van der Waals surface area contributed by atoms with Crippen LogP contribution in [0.4, 0.5) is 5.69 Å². The maximum atomic E-state index is 12.8. The van der Waals surface area contributed by atoms with Crippen LogP contribution in [0.25, 0.3) is 0 Å². The van der Waals surface area contributed by atoms with E-state index in [4.69, 9.17) is 4.74 Å². The molecule has 0 aliphatic carbocycles. The van der Waals surface area contributed by atoms with Crippen LogP contribution in [0.1, 0.15) is 51.5 Å². The quantitative estimate of drug-likeness (QED) is 0.731. The summed E-state index contributed by atoms with van der Waals surface area (Å²) in [4.78, 5) is 29.3. The molecular formula is C22H33N3O3. The summed E-state index contributed by atoms with van der Waals surface area (Å²) in [5.41, 5.74) is 1.72. The van der Waals surface area contributed by atoms with Crippen molar-refractivity contribution in [1.82, 2.24) is 10.2 Å². The van der Waals surface area contributed by atoms with Crippen LogP contribution >= 0.6 is 0 Å². The van der Waals surface area contributed by atoms with E-state index in [1.54, 1.807) is 4.90 Å². The highest BCUT2D eigenvalue weighted by Crippen LogP contribution is 2.35. The maximum absolute atomic E-state index is 12.8. The summed E-state index contributed by atoms with van der Waals surface area (Å²) in [6.07, 6.45) is 4.85. The van der Waals surface area contributed by atoms with Crippen LogP contribution < -0.4 is 15.0 Å². The van der Waals surface area contributed by atoms with Crippen molar-refractivity contribution in [2.75, 3.05) is 31.1 Å². The normalized spacial score (nSPS) is 22.5. The van der Waals surface area contributed by atoms with E-state index < -0.39 is 6.10 Å². The second kappa shape index (κ2) is 9.41. The number of nitrogens with one attached hydrogen (secondary N) is 1. The number of carbonyl (C=O) groups is 2. The summed E-state index contributed by atoms with van der Waals surface area (Å²) in [6, 6.07) is 6.39. The molecule has 2 aliphatic heterocycles. The number of anilines is 1. The number of likely N-dealkylation sites (tertiary alicyclic amines) is 1. The predicted octanol–water partition coefficient (Wildman–Crippen LogP) is 2.88. The standard InChI is InChI=1S/C22H33N3O3/c1-4-19-22(27)25(18-14-16(2)9-10-20(18)28-19)15-21(26)23-11-7-13-24-12-6-5-8-17(24)3/h9-10,14,17,19H,4-8,11-13,15H2,1-3H3,(H,23,26)/t17-,19+/m0/s1. The van der Waals surface area contributed by atoms with Crippen molar-refractivity contribution >= 4 is 17.5 Å². The largest absolute Gasteiger partial charge is 0.478 e. The van der Waals surface area contributed by atoms with E-state index >= 15 is 0 Å². The first-order chi connectivity index (χ1) is 13.5. The first-order valence-corrected chi connectivity index (χ1v) is 10.6. The molecule has 2 amide bonds. The lowest BCUT2D eigenvalue weighted by Gasteiger charge is -2.34. The zero-order valence-electron chi connectivity index (χ0n) is 17.4. The number of benzene rings is 1. The second-order valence-corrected chi connectivity index (χ2v) is 7.99. The molecule has 28 heavy (non-hydrogen) atoms. The number of aryl methyl sites for hydroxylation is 1. The first kappa shape index (κ1) is 20.6. The van der Waals surface area contributed by atoms with E-state index in [-0.39, 0.29) is 18.4 Å². The SMILES string of the molecule is CC[C@H]1Oc2ccc(C)cc2N(CC(=O)NCCCN2CCCC[C@@H]2C)C1=O. The Balaban J connectivity index is 1.54. The Morgan fingerprint density at radius 2 is 2.14 bits per heavy atom. The Kier molecular flexibility index (Phi) is 6.94. The van der Waals surface area contributed by atoms with Gasteiger partial charge in [0.05, 0.1) is 5.69 Å². The third-order valence-electron chi connectivity index (χ3n) is 5.77. The lowest BCUT2D eigenvalue weighted by atomic mass is 10.0. The summed E-state index contributed by atoms with van der Waals surface area (Å²) in [7, 11) is 0. The molecule has 2 heterocycles. The summed E-state index contributed by atoms with van der Waals surface area (Å²) >= 11 is 0. The Morgan fingerprint density at radius 1 is 1.32 bits per heavy atom. The highest BCUT2D eigenvalue weighted by molar-refractivity contribution is 6.03. The third-order valence-corrected chi connectivity index (χ3v) is 5.77. The van der Waals surface area contributed by atoms with Gasteiger partial charge in [0, 0.05) is 19.1 Å². The molecule has 6 heteroatoms. The maximum Gasteiger partial charge on any atom is 0.268 e. The van der Waals surface area contributed by atoms with Crippen LogP contribution in [-0.2, 0) is 9.59 Å². The lowest BCUT2D eigenvalue weighted by Crippen LogP contribution is -2.49. The molecule has 0 radical (unpaired) electrons. The smallest absolute Gasteiger partial charge is 0.268 e. The van der Waals surface area contributed by atoms with Gasteiger partial charge >= 0.3 is 0 Å². The third kappa shape index (κ3) is 4.85. The number of rotatable bonds is 7. The molecule has 0 saturated carbocycles. The van der Waals surface area contributed by atoms with Gasteiger partial charge < -0.3 is 15.0 Å². The minimum Gasteiger partial charge on any atom is -0.478 e. The number of nitrogens with zero attached hydrogens (tertiary/aromatic N) is 2. The van der Waals surface area contributed by atoms with Crippen LogP contribution in [0.15, 0.2) is 18.2 Å². The van der Waals surface area contributed by atoms with Crippen molar-refractivity contribution in [2.24, 2.45) is 0 Å². The zero-order valence-corrected chi connectivity index (χ0v) is 17.4. The fraction of sp³-hybridized carbons (Fsp3) is 0.636. The van der Waals surface area contributed by atoms with Gasteiger partial charge in [-0.2, -0.15) is 0 Å². The average Bonchev–Trinajstić information content (AvgIpc) is 2.68. The summed E-state index contributed by atoms with van der Waals surface area (Å²) in [5, 5.41) is 2.98. The minimum absolute atomic E-state index is 0.0370. The zero-order chi connectivity index (χ0) is 20.1. The van der Waals surface area contributed by atoms with Gasteiger partial charge in [-0.3, -0.25) is 14.5 Å². The van der Waals surface area contributed by atoms with Crippen molar-refractivity contribution in [1.29, 1.82) is 0 Å². The molecule has 0 aromatic heterocycles. The summed E-state index contributed by atoms with van der Waals surface area (Å²) in [5.74, 6) is 0.408. The Hall–Kier alpha value is -2.08. The van der Waals surface area contributed by atoms with E-state index in [0.29, 0.717) is 30.4 Å². The Bertz CT molecular complexity index is 706. The van der Waals surface area contributed by atoms with Gasteiger partial charge in [-0.25, -0.2) is 0 Å². The molecule has 3 rings (SSSR count). The number of hydrogen-bond donors (Lipinski definition) is 1. The van der Waals surface area contributed by atoms with Gasteiger partial charge in [0.15, 0.2) is 6.10 Å². The van der Waals surface area contributed by atoms with Crippen LogP contribution in [0.2, 0.25) is 0 Å². The van der Waals surface area contributed by atoms with Crippen molar-refractivity contribution in [3.8, 4) is 5.75 Å². The second-order valence-electron chi connectivity index (χ2n) is 7.99. The number of carbonyl (C=O) groups excluding carboxylic acids is 2. The average molecular weight is 388 g/mol. The van der Waals surface area contributed by atoms with Crippen molar-refractivity contribution < 1.29 is 14.3 Å². The van der Waals surface area contributed by atoms with Gasteiger partial charge in [-0.1, -0.05) is 19.4 Å². The molecule has 1 aromatic rings. The fourth-order valence-corrected chi connectivity index (χ4v) is 4.05. The van der Waals surface area contributed by atoms with E-state index in [1.165, 1.54) is 19.3 Å². The molecule has 1 aromatic carbocycles. The fourth-order valence-electron chi connectivity index (χ4n) is 4.05.